The van der Waals surface area contributed by atoms with Crippen LogP contribution in [-0.2, 0) is 27.8 Å². The highest BCUT2D eigenvalue weighted by Crippen LogP contribution is 2.22. The standard InChI is InChI=1S/C23H31N5O4S/c1-2-4-19-5-3-6-20(23(19)30)15-25-26-22(29)17-28-13-11-27(12-14-28)16-18-7-9-21(10-8-18)33(24,31)32/h3,5-10,15,30H,2,4,11-14,16-17H2,1H3,(H,26,29)(H2,24,31,32)/b25-15+. The van der Waals surface area contributed by atoms with Gasteiger partial charge in [0.05, 0.1) is 17.7 Å². The van der Waals surface area contributed by atoms with Crippen LogP contribution in [-0.4, -0.2) is 68.2 Å². The van der Waals surface area contributed by atoms with Gasteiger partial charge in [0, 0.05) is 38.3 Å². The second kappa shape index (κ2) is 11.4. The number of para-hydroxylation sites is 1. The van der Waals surface area contributed by atoms with Crippen molar-refractivity contribution in [3.8, 4) is 5.75 Å². The second-order valence-corrected chi connectivity index (χ2v) is 9.70. The van der Waals surface area contributed by atoms with E-state index in [1.165, 1.54) is 18.3 Å². The molecule has 1 saturated heterocycles. The first-order valence-corrected chi connectivity index (χ1v) is 12.5. The Balaban J connectivity index is 1.42. The van der Waals surface area contributed by atoms with Gasteiger partial charge in [0.15, 0.2) is 0 Å². The van der Waals surface area contributed by atoms with E-state index < -0.39 is 10.0 Å². The first-order chi connectivity index (χ1) is 15.8. The molecule has 1 amide bonds. The van der Waals surface area contributed by atoms with E-state index in [1.807, 2.05) is 19.1 Å². The monoisotopic (exact) mass is 473 g/mol. The second-order valence-electron chi connectivity index (χ2n) is 8.14. The molecule has 0 unspecified atom stereocenters. The molecule has 10 heteroatoms. The highest BCUT2D eigenvalue weighted by atomic mass is 32.2. The quantitative estimate of drug-likeness (QED) is 0.372. The first kappa shape index (κ1) is 24.8. The van der Waals surface area contributed by atoms with Gasteiger partial charge in [0.1, 0.15) is 5.75 Å². The maximum atomic E-state index is 12.2. The van der Waals surface area contributed by atoms with Gasteiger partial charge < -0.3 is 5.11 Å². The fourth-order valence-corrected chi connectivity index (χ4v) is 4.26. The highest BCUT2D eigenvalue weighted by Gasteiger charge is 2.19. The molecule has 3 rings (SSSR count). The summed E-state index contributed by atoms with van der Waals surface area (Å²) in [5.74, 6) is -0.00440. The molecule has 0 aromatic heterocycles. The zero-order chi connectivity index (χ0) is 23.8. The number of nitrogens with zero attached hydrogens (tertiary/aromatic N) is 3. The van der Waals surface area contributed by atoms with Gasteiger partial charge in [-0.25, -0.2) is 19.0 Å². The summed E-state index contributed by atoms with van der Waals surface area (Å²) in [6, 6.07) is 12.1. The van der Waals surface area contributed by atoms with Crippen LogP contribution in [0.15, 0.2) is 52.5 Å². The summed E-state index contributed by atoms with van der Waals surface area (Å²) in [7, 11) is -3.68. The molecule has 0 aliphatic carbocycles. The third kappa shape index (κ3) is 7.36. The molecule has 1 aliphatic heterocycles. The Kier molecular flexibility index (Phi) is 8.56. The smallest absolute Gasteiger partial charge is 0.254 e. The number of carbonyl (C=O) groups excluding carboxylic acids is 1. The van der Waals surface area contributed by atoms with Crippen LogP contribution in [0.25, 0.3) is 0 Å². The lowest BCUT2D eigenvalue weighted by atomic mass is 10.1. The lowest BCUT2D eigenvalue weighted by Gasteiger charge is -2.34. The first-order valence-electron chi connectivity index (χ1n) is 11.0. The summed E-state index contributed by atoms with van der Waals surface area (Å²) in [5, 5.41) is 19.4. The molecule has 178 valence electrons. The van der Waals surface area contributed by atoms with Crippen molar-refractivity contribution in [3.63, 3.8) is 0 Å². The molecule has 0 saturated carbocycles. The molecule has 4 N–H and O–H groups in total. The normalized spacial score (nSPS) is 15.7. The molecule has 0 atom stereocenters. The largest absolute Gasteiger partial charge is 0.507 e. The average molecular weight is 474 g/mol. The van der Waals surface area contributed by atoms with Crippen molar-refractivity contribution in [1.29, 1.82) is 0 Å². The number of aryl methyl sites for hydroxylation is 1. The summed E-state index contributed by atoms with van der Waals surface area (Å²) in [5.41, 5.74) is 4.98. The maximum absolute atomic E-state index is 12.2. The van der Waals surface area contributed by atoms with Crippen molar-refractivity contribution in [2.45, 2.75) is 31.2 Å². The van der Waals surface area contributed by atoms with Crippen molar-refractivity contribution < 1.29 is 18.3 Å². The highest BCUT2D eigenvalue weighted by molar-refractivity contribution is 7.89. The number of nitrogens with two attached hydrogens (primary N) is 1. The average Bonchev–Trinajstić information content (AvgIpc) is 2.77. The van der Waals surface area contributed by atoms with Gasteiger partial charge in [-0.2, -0.15) is 5.10 Å². The number of piperazine rings is 1. The maximum Gasteiger partial charge on any atom is 0.254 e. The van der Waals surface area contributed by atoms with Crippen LogP contribution >= 0.6 is 0 Å². The molecule has 0 spiro atoms. The number of amides is 1. The molecule has 0 radical (unpaired) electrons. The Labute approximate surface area is 194 Å². The summed E-state index contributed by atoms with van der Waals surface area (Å²) in [6.07, 6.45) is 3.18. The van der Waals surface area contributed by atoms with Gasteiger partial charge in [-0.15, -0.1) is 0 Å². The van der Waals surface area contributed by atoms with E-state index in [4.69, 9.17) is 5.14 Å². The fraction of sp³-hybridized carbons (Fsp3) is 0.391. The molecule has 1 aliphatic rings. The molecular formula is C23H31N5O4S. The number of sulfonamides is 1. The number of phenols is 1. The van der Waals surface area contributed by atoms with Gasteiger partial charge in [-0.05, 0) is 35.7 Å². The van der Waals surface area contributed by atoms with E-state index in [2.05, 4.69) is 20.3 Å². The summed E-state index contributed by atoms with van der Waals surface area (Å²) in [6.45, 7) is 6.08. The fourth-order valence-electron chi connectivity index (χ4n) is 3.75. The predicted octanol–water partition coefficient (Wildman–Crippen LogP) is 1.26. The lowest BCUT2D eigenvalue weighted by molar-refractivity contribution is -0.122. The Bertz CT molecular complexity index is 1080. The van der Waals surface area contributed by atoms with Crippen LogP contribution in [0.4, 0.5) is 0 Å². The minimum absolute atomic E-state index is 0.105. The Hall–Kier alpha value is -2.79. The molecule has 2 aromatic carbocycles. The molecule has 0 bridgehead atoms. The Morgan fingerprint density at radius 1 is 1.12 bits per heavy atom. The van der Waals surface area contributed by atoms with E-state index in [1.54, 1.807) is 18.2 Å². The zero-order valence-electron chi connectivity index (χ0n) is 18.8. The molecule has 9 nitrogen and oxygen atoms in total. The Morgan fingerprint density at radius 3 is 2.42 bits per heavy atom. The number of nitrogens with one attached hydrogen (secondary N) is 1. The van der Waals surface area contributed by atoms with E-state index in [0.717, 1.165) is 50.1 Å². The van der Waals surface area contributed by atoms with E-state index >= 15 is 0 Å². The van der Waals surface area contributed by atoms with Gasteiger partial charge >= 0.3 is 0 Å². The molecule has 1 heterocycles. The van der Waals surface area contributed by atoms with Crippen LogP contribution in [0, 0.1) is 0 Å². The summed E-state index contributed by atoms with van der Waals surface area (Å²) in [4.78, 5) is 16.7. The number of rotatable bonds is 9. The number of hydrazone groups is 1. The number of hydrogen-bond donors (Lipinski definition) is 3. The summed E-state index contributed by atoms with van der Waals surface area (Å²) >= 11 is 0. The van der Waals surface area contributed by atoms with Gasteiger partial charge in [0.2, 0.25) is 10.0 Å². The zero-order valence-corrected chi connectivity index (χ0v) is 19.6. The van der Waals surface area contributed by atoms with Crippen LogP contribution in [0.2, 0.25) is 0 Å². The minimum atomic E-state index is -3.68. The number of benzene rings is 2. The van der Waals surface area contributed by atoms with Crippen LogP contribution < -0.4 is 10.6 Å². The number of phenolic OH excluding ortho intramolecular Hbond substituents is 1. The van der Waals surface area contributed by atoms with Crippen molar-refractivity contribution >= 4 is 22.1 Å². The van der Waals surface area contributed by atoms with Crippen molar-refractivity contribution in [2.24, 2.45) is 10.2 Å². The number of carbonyl (C=O) groups is 1. The number of primary sulfonamides is 1. The van der Waals surface area contributed by atoms with E-state index in [-0.39, 0.29) is 23.1 Å². The van der Waals surface area contributed by atoms with Crippen LogP contribution in [0.1, 0.15) is 30.0 Å². The molecular weight excluding hydrogens is 442 g/mol. The molecule has 33 heavy (non-hydrogen) atoms. The van der Waals surface area contributed by atoms with Gasteiger partial charge in [-0.1, -0.05) is 37.6 Å². The van der Waals surface area contributed by atoms with Crippen molar-refractivity contribution in [2.75, 3.05) is 32.7 Å². The SMILES string of the molecule is CCCc1cccc(/C=N/NC(=O)CN2CCN(Cc3ccc(S(N)(=O)=O)cc3)CC2)c1O. The van der Waals surface area contributed by atoms with E-state index in [0.29, 0.717) is 12.1 Å². The third-order valence-corrected chi connectivity index (χ3v) is 6.48. The van der Waals surface area contributed by atoms with Gasteiger partial charge in [0.25, 0.3) is 5.91 Å². The molecule has 2 aromatic rings. The minimum Gasteiger partial charge on any atom is -0.507 e. The summed E-state index contributed by atoms with van der Waals surface area (Å²) < 4.78 is 22.7. The number of aromatic hydroxyl groups is 1. The topological polar surface area (TPSA) is 128 Å². The molecule has 1 fully saturated rings. The van der Waals surface area contributed by atoms with Crippen LogP contribution in [0.5, 0.6) is 5.75 Å². The lowest BCUT2D eigenvalue weighted by Crippen LogP contribution is -2.48. The predicted molar refractivity (Wildman–Crippen MR) is 127 cm³/mol. The van der Waals surface area contributed by atoms with Crippen molar-refractivity contribution in [3.05, 3.63) is 59.2 Å². The Morgan fingerprint density at radius 2 is 1.79 bits per heavy atom. The van der Waals surface area contributed by atoms with Crippen LogP contribution in [0.3, 0.4) is 0 Å². The van der Waals surface area contributed by atoms with Crippen molar-refractivity contribution in [1.82, 2.24) is 15.2 Å². The number of hydrogen-bond acceptors (Lipinski definition) is 7. The third-order valence-electron chi connectivity index (χ3n) is 5.55. The van der Waals surface area contributed by atoms with E-state index in [9.17, 15) is 18.3 Å². The van der Waals surface area contributed by atoms with Gasteiger partial charge in [-0.3, -0.25) is 14.6 Å².